The molecule has 0 aromatic carbocycles. The van der Waals surface area contributed by atoms with Gasteiger partial charge >= 0.3 is 0 Å². The number of primary amides is 1. The van der Waals surface area contributed by atoms with Gasteiger partial charge in [0.05, 0.1) is 12.0 Å². The molecule has 0 aromatic rings. The quantitative estimate of drug-likeness (QED) is 0.857. The highest BCUT2D eigenvalue weighted by atomic mass is 16.1. The molecule has 1 saturated carbocycles. The highest BCUT2D eigenvalue weighted by molar-refractivity contribution is 5.76. The Hall–Kier alpha value is -1.08. The summed E-state index contributed by atoms with van der Waals surface area (Å²) in [5, 5.41) is 9.40. The molecular formula is C16H27N3O. The highest BCUT2D eigenvalue weighted by Gasteiger charge is 2.36. The third-order valence-corrected chi connectivity index (χ3v) is 5.19. The van der Waals surface area contributed by atoms with Gasteiger partial charge in [-0.25, -0.2) is 0 Å². The molecule has 0 aromatic heterocycles. The Kier molecular flexibility index (Phi) is 5.42. The summed E-state index contributed by atoms with van der Waals surface area (Å²) in [6, 6.07) is 2.92. The van der Waals surface area contributed by atoms with E-state index in [9.17, 15) is 10.1 Å². The number of carbonyl (C=O) groups excluding carboxylic acids is 1. The number of nitriles is 1. The lowest BCUT2D eigenvalue weighted by Gasteiger charge is -2.43. The minimum atomic E-state index is -0.158. The number of carbonyl (C=O) groups is 1. The Morgan fingerprint density at radius 3 is 2.55 bits per heavy atom. The first kappa shape index (κ1) is 15.3. The fraction of sp³-hybridized carbons (Fsp3) is 0.875. The SMILES string of the molecule is CCCC1CCC(C#N)C(N2CCC(C(N)=O)CC2)C1. The molecule has 2 N–H and O–H groups in total. The summed E-state index contributed by atoms with van der Waals surface area (Å²) in [6.45, 7) is 4.09. The summed E-state index contributed by atoms with van der Waals surface area (Å²) in [5.41, 5.74) is 5.40. The summed E-state index contributed by atoms with van der Waals surface area (Å²) in [5.74, 6) is 0.840. The maximum atomic E-state index is 11.2. The van der Waals surface area contributed by atoms with Crippen LogP contribution in [0.3, 0.4) is 0 Å². The van der Waals surface area contributed by atoms with E-state index in [1.54, 1.807) is 0 Å². The molecule has 20 heavy (non-hydrogen) atoms. The smallest absolute Gasteiger partial charge is 0.220 e. The molecule has 0 radical (unpaired) electrons. The van der Waals surface area contributed by atoms with E-state index >= 15 is 0 Å². The normalized spacial score (nSPS) is 32.7. The molecule has 1 amide bonds. The molecule has 0 bridgehead atoms. The van der Waals surface area contributed by atoms with E-state index in [0.29, 0.717) is 6.04 Å². The Bertz CT molecular complexity index is 368. The molecule has 3 atom stereocenters. The summed E-state index contributed by atoms with van der Waals surface area (Å²) >= 11 is 0. The standard InChI is InChI=1S/C16H27N3O/c1-2-3-12-4-5-14(11-17)15(10-12)19-8-6-13(7-9-19)16(18)20/h12-15H,2-10H2,1H3,(H2,18,20). The third kappa shape index (κ3) is 3.52. The van der Waals surface area contributed by atoms with Gasteiger partial charge < -0.3 is 5.73 Å². The molecule has 1 aliphatic carbocycles. The van der Waals surface area contributed by atoms with Crippen molar-refractivity contribution in [3.63, 3.8) is 0 Å². The Morgan fingerprint density at radius 1 is 1.30 bits per heavy atom. The zero-order valence-corrected chi connectivity index (χ0v) is 12.6. The summed E-state index contributed by atoms with van der Waals surface area (Å²) in [6.07, 6.45) is 7.66. The number of rotatable bonds is 4. The fourth-order valence-electron chi connectivity index (χ4n) is 3.97. The maximum Gasteiger partial charge on any atom is 0.220 e. The van der Waals surface area contributed by atoms with E-state index in [2.05, 4.69) is 17.9 Å². The third-order valence-electron chi connectivity index (χ3n) is 5.19. The van der Waals surface area contributed by atoms with Crippen molar-refractivity contribution >= 4 is 5.91 Å². The topological polar surface area (TPSA) is 70.1 Å². The molecule has 4 nitrogen and oxygen atoms in total. The predicted molar refractivity (Wildman–Crippen MR) is 78.6 cm³/mol. The van der Waals surface area contributed by atoms with Crippen LogP contribution in [-0.4, -0.2) is 29.9 Å². The molecular weight excluding hydrogens is 250 g/mol. The van der Waals surface area contributed by atoms with E-state index in [1.165, 1.54) is 19.3 Å². The molecule has 0 spiro atoms. The van der Waals surface area contributed by atoms with Gasteiger partial charge in [0, 0.05) is 12.0 Å². The fourth-order valence-corrected chi connectivity index (χ4v) is 3.97. The van der Waals surface area contributed by atoms with Gasteiger partial charge in [-0.2, -0.15) is 5.26 Å². The summed E-state index contributed by atoms with van der Waals surface area (Å²) in [4.78, 5) is 13.7. The second-order valence-electron chi connectivity index (χ2n) is 6.48. The van der Waals surface area contributed by atoms with Gasteiger partial charge in [0.2, 0.25) is 5.91 Å². The lowest BCUT2D eigenvalue weighted by Crippen LogP contribution is -2.49. The van der Waals surface area contributed by atoms with E-state index in [0.717, 1.165) is 44.7 Å². The van der Waals surface area contributed by atoms with Crippen molar-refractivity contribution in [2.75, 3.05) is 13.1 Å². The van der Waals surface area contributed by atoms with Crippen molar-refractivity contribution in [1.29, 1.82) is 5.26 Å². The zero-order chi connectivity index (χ0) is 14.5. The monoisotopic (exact) mass is 277 g/mol. The van der Waals surface area contributed by atoms with Crippen LogP contribution in [0.4, 0.5) is 0 Å². The van der Waals surface area contributed by atoms with E-state index < -0.39 is 0 Å². The van der Waals surface area contributed by atoms with Gasteiger partial charge in [0.1, 0.15) is 0 Å². The van der Waals surface area contributed by atoms with Crippen LogP contribution in [0.5, 0.6) is 0 Å². The molecule has 1 heterocycles. The van der Waals surface area contributed by atoms with E-state index in [4.69, 9.17) is 5.73 Å². The first-order valence-corrected chi connectivity index (χ1v) is 8.08. The molecule has 2 aliphatic rings. The number of hydrogen-bond donors (Lipinski definition) is 1. The zero-order valence-electron chi connectivity index (χ0n) is 12.6. The van der Waals surface area contributed by atoms with Crippen molar-refractivity contribution in [3.8, 4) is 6.07 Å². The Morgan fingerprint density at radius 2 is 2.00 bits per heavy atom. The molecule has 4 heteroatoms. The minimum Gasteiger partial charge on any atom is -0.369 e. The number of piperidine rings is 1. The average Bonchev–Trinajstić information content (AvgIpc) is 2.47. The second-order valence-corrected chi connectivity index (χ2v) is 6.48. The van der Waals surface area contributed by atoms with Gasteiger partial charge in [0.15, 0.2) is 0 Å². The van der Waals surface area contributed by atoms with E-state index in [-0.39, 0.29) is 17.7 Å². The van der Waals surface area contributed by atoms with Gasteiger partial charge in [0.25, 0.3) is 0 Å². The van der Waals surface area contributed by atoms with Crippen molar-refractivity contribution in [1.82, 2.24) is 4.90 Å². The summed E-state index contributed by atoms with van der Waals surface area (Å²) < 4.78 is 0. The first-order valence-electron chi connectivity index (χ1n) is 8.08. The van der Waals surface area contributed by atoms with Crippen LogP contribution in [0.15, 0.2) is 0 Å². The molecule has 112 valence electrons. The lowest BCUT2D eigenvalue weighted by molar-refractivity contribution is -0.123. The van der Waals surface area contributed by atoms with Crippen LogP contribution in [0, 0.1) is 29.1 Å². The van der Waals surface area contributed by atoms with Gasteiger partial charge in [-0.1, -0.05) is 19.8 Å². The lowest BCUT2D eigenvalue weighted by atomic mass is 9.76. The second kappa shape index (κ2) is 7.08. The predicted octanol–water partition coefficient (Wildman–Crippen LogP) is 2.29. The molecule has 2 fully saturated rings. The average molecular weight is 277 g/mol. The van der Waals surface area contributed by atoms with Crippen LogP contribution in [-0.2, 0) is 4.79 Å². The Balaban J connectivity index is 1.94. The number of hydrogen-bond acceptors (Lipinski definition) is 3. The first-order chi connectivity index (χ1) is 9.65. The summed E-state index contributed by atoms with van der Waals surface area (Å²) in [7, 11) is 0. The van der Waals surface area contributed by atoms with Crippen LogP contribution in [0.1, 0.15) is 51.9 Å². The van der Waals surface area contributed by atoms with Gasteiger partial charge in [-0.3, -0.25) is 9.69 Å². The maximum absolute atomic E-state index is 11.2. The van der Waals surface area contributed by atoms with Crippen molar-refractivity contribution in [3.05, 3.63) is 0 Å². The number of amides is 1. The Labute approximate surface area is 122 Å². The van der Waals surface area contributed by atoms with Crippen molar-refractivity contribution in [2.45, 2.75) is 57.9 Å². The largest absolute Gasteiger partial charge is 0.369 e. The number of nitrogens with two attached hydrogens (primary N) is 1. The van der Waals surface area contributed by atoms with Gasteiger partial charge in [-0.15, -0.1) is 0 Å². The van der Waals surface area contributed by atoms with Crippen LogP contribution in [0.25, 0.3) is 0 Å². The van der Waals surface area contributed by atoms with Crippen molar-refractivity contribution < 1.29 is 4.79 Å². The molecule has 2 rings (SSSR count). The molecule has 1 saturated heterocycles. The highest BCUT2D eigenvalue weighted by Crippen LogP contribution is 2.36. The van der Waals surface area contributed by atoms with Crippen LogP contribution in [0.2, 0.25) is 0 Å². The van der Waals surface area contributed by atoms with Crippen LogP contribution >= 0.6 is 0 Å². The molecule has 1 aliphatic heterocycles. The van der Waals surface area contributed by atoms with Gasteiger partial charge in [-0.05, 0) is 51.1 Å². The number of likely N-dealkylation sites (tertiary alicyclic amines) is 1. The minimum absolute atomic E-state index is 0.0433. The van der Waals surface area contributed by atoms with Crippen LogP contribution < -0.4 is 5.73 Å². The number of nitrogens with zero attached hydrogens (tertiary/aromatic N) is 2. The molecule has 3 unspecified atom stereocenters. The van der Waals surface area contributed by atoms with Crippen molar-refractivity contribution in [2.24, 2.45) is 23.5 Å². The van der Waals surface area contributed by atoms with E-state index in [1.807, 2.05) is 0 Å².